The predicted octanol–water partition coefficient (Wildman–Crippen LogP) is 2.58. The number of aromatic nitrogens is 1. The highest BCUT2D eigenvalue weighted by atomic mass is 32.2. The largest absolute Gasteiger partial charge is 0.497 e. The Bertz CT molecular complexity index is 919. The van der Waals surface area contributed by atoms with E-state index in [2.05, 4.69) is 15.2 Å². The highest BCUT2D eigenvalue weighted by molar-refractivity contribution is 7.91. The standard InChI is InChI=1S/C19H25N3O4S2/c1-14-13-27-19(20-14)21-18(23)15-6-8-22(9-7-15)10-11-28(24,25)17-5-3-4-16(12-17)26-2/h3-5,12-13,15H,6-11H2,1-2H3,(H,20,21,23). The molecule has 1 amide bonds. The van der Waals surface area contributed by atoms with E-state index in [0.717, 1.165) is 18.5 Å². The number of carbonyl (C=O) groups excluding carboxylic acids is 1. The van der Waals surface area contributed by atoms with E-state index in [9.17, 15) is 13.2 Å². The maximum absolute atomic E-state index is 12.6. The third kappa shape index (κ3) is 5.30. The summed E-state index contributed by atoms with van der Waals surface area (Å²) in [6, 6.07) is 6.54. The molecule has 0 atom stereocenters. The van der Waals surface area contributed by atoms with E-state index >= 15 is 0 Å². The van der Waals surface area contributed by atoms with Crippen molar-refractivity contribution in [2.45, 2.75) is 24.7 Å². The van der Waals surface area contributed by atoms with Crippen LogP contribution in [0.5, 0.6) is 5.75 Å². The molecule has 1 aliphatic heterocycles. The van der Waals surface area contributed by atoms with Crippen LogP contribution in [-0.4, -0.2) is 56.7 Å². The molecule has 0 saturated carbocycles. The highest BCUT2D eigenvalue weighted by Crippen LogP contribution is 2.22. The smallest absolute Gasteiger partial charge is 0.229 e. The minimum Gasteiger partial charge on any atom is -0.497 e. The van der Waals surface area contributed by atoms with Gasteiger partial charge in [0, 0.05) is 17.8 Å². The number of hydrogen-bond acceptors (Lipinski definition) is 7. The molecule has 1 saturated heterocycles. The highest BCUT2D eigenvalue weighted by Gasteiger charge is 2.26. The second kappa shape index (κ2) is 9.02. The first-order chi connectivity index (χ1) is 13.4. The van der Waals surface area contributed by atoms with Gasteiger partial charge < -0.3 is 15.0 Å². The molecule has 0 unspecified atom stereocenters. The number of benzene rings is 1. The molecule has 1 aliphatic rings. The summed E-state index contributed by atoms with van der Waals surface area (Å²) in [6.45, 7) is 3.77. The summed E-state index contributed by atoms with van der Waals surface area (Å²) in [5, 5.41) is 5.42. The Balaban J connectivity index is 1.48. The SMILES string of the molecule is COc1cccc(S(=O)(=O)CCN2CCC(C(=O)Nc3nc(C)cs3)CC2)c1. The molecule has 1 aromatic carbocycles. The average Bonchev–Trinajstić information content (AvgIpc) is 3.11. The Morgan fingerprint density at radius 1 is 1.36 bits per heavy atom. The van der Waals surface area contributed by atoms with Crippen LogP contribution in [0.1, 0.15) is 18.5 Å². The van der Waals surface area contributed by atoms with Gasteiger partial charge in [0.25, 0.3) is 0 Å². The van der Waals surface area contributed by atoms with Crippen LogP contribution < -0.4 is 10.1 Å². The van der Waals surface area contributed by atoms with Gasteiger partial charge in [-0.15, -0.1) is 11.3 Å². The number of sulfone groups is 1. The first kappa shape index (κ1) is 20.8. The molecule has 9 heteroatoms. The van der Waals surface area contributed by atoms with Gasteiger partial charge in [-0.05, 0) is 51.1 Å². The Morgan fingerprint density at radius 2 is 2.11 bits per heavy atom. The summed E-state index contributed by atoms with van der Waals surface area (Å²) in [5.74, 6) is 0.520. The first-order valence-corrected chi connectivity index (χ1v) is 11.7. The predicted molar refractivity (Wildman–Crippen MR) is 110 cm³/mol. The van der Waals surface area contributed by atoms with Crippen LogP contribution in [0.2, 0.25) is 0 Å². The molecular formula is C19H25N3O4S2. The zero-order chi connectivity index (χ0) is 20.1. The Kier molecular flexibility index (Phi) is 6.69. The van der Waals surface area contributed by atoms with E-state index in [1.165, 1.54) is 18.4 Å². The van der Waals surface area contributed by atoms with Crippen LogP contribution >= 0.6 is 11.3 Å². The number of amides is 1. The summed E-state index contributed by atoms with van der Waals surface area (Å²) in [5.41, 5.74) is 0.896. The van der Waals surface area contributed by atoms with Gasteiger partial charge in [-0.2, -0.15) is 0 Å². The fourth-order valence-electron chi connectivity index (χ4n) is 3.20. The number of anilines is 1. The lowest BCUT2D eigenvalue weighted by molar-refractivity contribution is -0.121. The molecule has 3 rings (SSSR count). The second-order valence-electron chi connectivity index (χ2n) is 6.90. The molecule has 152 valence electrons. The van der Waals surface area contributed by atoms with Crippen LogP contribution in [0.4, 0.5) is 5.13 Å². The van der Waals surface area contributed by atoms with Crippen LogP contribution in [0.15, 0.2) is 34.5 Å². The second-order valence-corrected chi connectivity index (χ2v) is 9.86. The molecule has 2 heterocycles. The van der Waals surface area contributed by atoms with Crippen molar-refractivity contribution < 1.29 is 17.9 Å². The Hall–Kier alpha value is -1.97. The van der Waals surface area contributed by atoms with Crippen molar-refractivity contribution >= 4 is 32.2 Å². The first-order valence-electron chi connectivity index (χ1n) is 9.19. The number of piperidine rings is 1. The number of nitrogens with one attached hydrogen (secondary N) is 1. The van der Waals surface area contributed by atoms with E-state index in [-0.39, 0.29) is 22.5 Å². The van der Waals surface area contributed by atoms with Gasteiger partial charge in [-0.3, -0.25) is 4.79 Å². The molecule has 7 nitrogen and oxygen atoms in total. The number of thiazole rings is 1. The van der Waals surface area contributed by atoms with Gasteiger partial charge in [-0.1, -0.05) is 6.07 Å². The fourth-order valence-corrected chi connectivity index (χ4v) is 5.21. The third-order valence-corrected chi connectivity index (χ3v) is 7.45. The van der Waals surface area contributed by atoms with Crippen molar-refractivity contribution in [2.24, 2.45) is 5.92 Å². The molecule has 0 aliphatic carbocycles. The molecule has 0 bridgehead atoms. The van der Waals surface area contributed by atoms with Gasteiger partial charge >= 0.3 is 0 Å². The fraction of sp³-hybridized carbons (Fsp3) is 0.474. The maximum atomic E-state index is 12.6. The number of nitrogens with zero attached hydrogens (tertiary/aromatic N) is 2. The van der Waals surface area contributed by atoms with Gasteiger partial charge in [0.2, 0.25) is 5.91 Å². The van der Waals surface area contributed by atoms with Crippen LogP contribution in [0.25, 0.3) is 0 Å². The minimum absolute atomic E-state index is 0.00185. The van der Waals surface area contributed by atoms with Crippen LogP contribution in [0.3, 0.4) is 0 Å². The summed E-state index contributed by atoms with van der Waals surface area (Å²) in [6.07, 6.45) is 1.44. The zero-order valence-corrected chi connectivity index (χ0v) is 17.7. The Morgan fingerprint density at radius 3 is 2.75 bits per heavy atom. The van der Waals surface area contributed by atoms with Crippen LogP contribution in [-0.2, 0) is 14.6 Å². The monoisotopic (exact) mass is 423 g/mol. The molecule has 2 aromatic rings. The Labute approximate surface area is 169 Å². The minimum atomic E-state index is -3.37. The van der Waals surface area contributed by atoms with E-state index in [1.54, 1.807) is 24.3 Å². The van der Waals surface area contributed by atoms with Gasteiger partial charge in [0.15, 0.2) is 15.0 Å². The van der Waals surface area contributed by atoms with Gasteiger partial charge in [-0.25, -0.2) is 13.4 Å². The molecule has 28 heavy (non-hydrogen) atoms. The number of methoxy groups -OCH3 is 1. The summed E-state index contributed by atoms with van der Waals surface area (Å²) in [7, 11) is -1.85. The van der Waals surface area contributed by atoms with Crippen molar-refractivity contribution in [3.8, 4) is 5.75 Å². The molecular weight excluding hydrogens is 398 g/mol. The van der Waals surface area contributed by atoms with E-state index < -0.39 is 9.84 Å². The van der Waals surface area contributed by atoms with E-state index in [0.29, 0.717) is 30.5 Å². The zero-order valence-electron chi connectivity index (χ0n) is 16.1. The topological polar surface area (TPSA) is 88.6 Å². The van der Waals surface area contributed by atoms with Crippen molar-refractivity contribution in [3.63, 3.8) is 0 Å². The lowest BCUT2D eigenvalue weighted by Crippen LogP contribution is -2.40. The number of likely N-dealkylation sites (tertiary alicyclic amines) is 1. The number of hydrogen-bond donors (Lipinski definition) is 1. The number of carbonyl (C=O) groups is 1. The van der Waals surface area contributed by atoms with Crippen molar-refractivity contribution in [1.29, 1.82) is 0 Å². The maximum Gasteiger partial charge on any atom is 0.229 e. The third-order valence-electron chi connectivity index (χ3n) is 4.88. The quantitative estimate of drug-likeness (QED) is 0.736. The lowest BCUT2D eigenvalue weighted by Gasteiger charge is -2.30. The van der Waals surface area contributed by atoms with E-state index in [1.807, 2.05) is 12.3 Å². The molecule has 1 N–H and O–H groups in total. The van der Waals surface area contributed by atoms with Gasteiger partial charge in [0.1, 0.15) is 5.75 Å². The van der Waals surface area contributed by atoms with E-state index in [4.69, 9.17) is 4.74 Å². The number of rotatable bonds is 7. The van der Waals surface area contributed by atoms with Crippen molar-refractivity contribution in [2.75, 3.05) is 37.8 Å². The molecule has 1 aromatic heterocycles. The average molecular weight is 424 g/mol. The van der Waals surface area contributed by atoms with Crippen molar-refractivity contribution in [1.82, 2.24) is 9.88 Å². The normalized spacial score (nSPS) is 16.1. The molecule has 0 spiro atoms. The molecule has 0 radical (unpaired) electrons. The number of ether oxygens (including phenoxy) is 1. The van der Waals surface area contributed by atoms with Gasteiger partial charge in [0.05, 0.1) is 23.5 Å². The summed E-state index contributed by atoms with van der Waals surface area (Å²) in [4.78, 5) is 19.0. The van der Waals surface area contributed by atoms with Crippen molar-refractivity contribution in [3.05, 3.63) is 35.3 Å². The lowest BCUT2D eigenvalue weighted by atomic mass is 9.96. The molecule has 1 fully saturated rings. The van der Waals surface area contributed by atoms with Crippen LogP contribution in [0, 0.1) is 12.8 Å². The summed E-state index contributed by atoms with van der Waals surface area (Å²) >= 11 is 1.42. The summed E-state index contributed by atoms with van der Waals surface area (Å²) < 4.78 is 30.2. The number of aryl methyl sites for hydroxylation is 1.